The Morgan fingerprint density at radius 2 is 2.12 bits per heavy atom. The molecular weight excluding hydrogens is 236 g/mol. The molecule has 0 atom stereocenters. The van der Waals surface area contributed by atoms with Crippen LogP contribution in [0, 0.1) is 0 Å². The summed E-state index contributed by atoms with van der Waals surface area (Å²) in [7, 11) is 0. The number of thioether (sulfide) groups is 1. The summed E-state index contributed by atoms with van der Waals surface area (Å²) in [6.45, 7) is 0. The van der Waals surface area contributed by atoms with Crippen LogP contribution in [-0.4, -0.2) is 21.0 Å². The van der Waals surface area contributed by atoms with E-state index in [4.69, 9.17) is 5.11 Å². The first-order valence-electron chi connectivity index (χ1n) is 4.97. The molecule has 0 aliphatic carbocycles. The smallest absolute Gasteiger partial charge is 0.335 e. The molecule has 1 aromatic heterocycles. The van der Waals surface area contributed by atoms with Crippen molar-refractivity contribution in [2.24, 2.45) is 0 Å². The van der Waals surface area contributed by atoms with E-state index in [9.17, 15) is 4.79 Å². The van der Waals surface area contributed by atoms with Crippen molar-refractivity contribution in [3.8, 4) is 0 Å². The zero-order valence-corrected chi connectivity index (χ0v) is 9.72. The number of carboxylic acid groups (broad SMARTS) is 1. The first-order chi connectivity index (χ1) is 8.27. The molecule has 0 fully saturated rings. The van der Waals surface area contributed by atoms with E-state index in [1.165, 1.54) is 18.1 Å². The third-order valence-electron chi connectivity index (χ3n) is 2.18. The van der Waals surface area contributed by atoms with Gasteiger partial charge in [-0.15, -0.1) is 11.8 Å². The van der Waals surface area contributed by atoms with Gasteiger partial charge in [0, 0.05) is 11.9 Å². The summed E-state index contributed by atoms with van der Waals surface area (Å²) in [5.74, 6) is -0.316. The molecule has 1 N–H and O–H groups in total. The number of rotatable bonds is 4. The van der Waals surface area contributed by atoms with Crippen LogP contribution in [0.5, 0.6) is 0 Å². The van der Waals surface area contributed by atoms with Gasteiger partial charge in [-0.25, -0.2) is 14.8 Å². The van der Waals surface area contributed by atoms with E-state index in [-0.39, 0.29) is 0 Å². The SMILES string of the molecule is O=C(O)c1ccccc1CSc1ccncn1. The number of nitrogens with zero attached hydrogens (tertiary/aromatic N) is 2. The van der Waals surface area contributed by atoms with Gasteiger partial charge in [-0.05, 0) is 17.7 Å². The van der Waals surface area contributed by atoms with E-state index in [0.717, 1.165) is 10.6 Å². The molecule has 0 saturated carbocycles. The first-order valence-corrected chi connectivity index (χ1v) is 5.96. The zero-order valence-electron chi connectivity index (χ0n) is 8.91. The van der Waals surface area contributed by atoms with Gasteiger partial charge in [-0.1, -0.05) is 18.2 Å². The lowest BCUT2D eigenvalue weighted by Crippen LogP contribution is -2.00. The van der Waals surface area contributed by atoms with Gasteiger partial charge in [-0.3, -0.25) is 0 Å². The Kier molecular flexibility index (Phi) is 3.72. The van der Waals surface area contributed by atoms with Crippen LogP contribution in [-0.2, 0) is 5.75 Å². The predicted molar refractivity (Wildman–Crippen MR) is 65.0 cm³/mol. The molecule has 0 bridgehead atoms. The summed E-state index contributed by atoms with van der Waals surface area (Å²) in [5.41, 5.74) is 1.14. The van der Waals surface area contributed by atoms with E-state index in [0.29, 0.717) is 11.3 Å². The van der Waals surface area contributed by atoms with Crippen LogP contribution < -0.4 is 0 Å². The van der Waals surface area contributed by atoms with Gasteiger partial charge in [0.25, 0.3) is 0 Å². The van der Waals surface area contributed by atoms with E-state index < -0.39 is 5.97 Å². The summed E-state index contributed by atoms with van der Waals surface area (Å²) in [5, 5.41) is 9.86. The summed E-state index contributed by atoms with van der Waals surface area (Å²) in [6.07, 6.45) is 3.14. The molecule has 0 spiro atoms. The molecule has 0 radical (unpaired) electrons. The molecule has 86 valence electrons. The van der Waals surface area contributed by atoms with Crippen molar-refractivity contribution in [1.29, 1.82) is 0 Å². The number of benzene rings is 1. The average Bonchev–Trinajstić information content (AvgIpc) is 2.38. The third kappa shape index (κ3) is 3.04. The number of hydrogen-bond donors (Lipinski definition) is 1. The van der Waals surface area contributed by atoms with Crippen molar-refractivity contribution in [1.82, 2.24) is 9.97 Å². The maximum atomic E-state index is 11.0. The first kappa shape index (κ1) is 11.6. The standard InChI is InChI=1S/C12H10N2O2S/c15-12(16)10-4-2-1-3-9(10)7-17-11-5-6-13-8-14-11/h1-6,8H,7H2,(H,15,16). The van der Waals surface area contributed by atoms with Crippen molar-refractivity contribution in [3.05, 3.63) is 54.0 Å². The highest BCUT2D eigenvalue weighted by Gasteiger charge is 2.09. The van der Waals surface area contributed by atoms with Crippen LogP contribution in [0.2, 0.25) is 0 Å². The molecule has 2 rings (SSSR count). The molecule has 0 amide bonds. The van der Waals surface area contributed by atoms with E-state index >= 15 is 0 Å². The van der Waals surface area contributed by atoms with Crippen LogP contribution in [0.3, 0.4) is 0 Å². The van der Waals surface area contributed by atoms with Crippen LogP contribution in [0.1, 0.15) is 15.9 Å². The quantitative estimate of drug-likeness (QED) is 0.663. The molecular formula is C12H10N2O2S. The minimum Gasteiger partial charge on any atom is -0.478 e. The predicted octanol–water partition coefficient (Wildman–Crippen LogP) is 2.47. The number of aromatic nitrogens is 2. The van der Waals surface area contributed by atoms with Gasteiger partial charge >= 0.3 is 5.97 Å². The Labute approximate surface area is 103 Å². The fourth-order valence-corrected chi connectivity index (χ4v) is 2.20. The van der Waals surface area contributed by atoms with Gasteiger partial charge in [-0.2, -0.15) is 0 Å². The Morgan fingerprint density at radius 3 is 2.82 bits per heavy atom. The second-order valence-electron chi connectivity index (χ2n) is 3.30. The lowest BCUT2D eigenvalue weighted by Gasteiger charge is -2.04. The monoisotopic (exact) mass is 246 g/mol. The van der Waals surface area contributed by atoms with Crippen LogP contribution >= 0.6 is 11.8 Å². The largest absolute Gasteiger partial charge is 0.478 e. The van der Waals surface area contributed by atoms with Gasteiger partial charge < -0.3 is 5.11 Å². The van der Waals surface area contributed by atoms with Gasteiger partial charge in [0.05, 0.1) is 10.6 Å². The highest BCUT2D eigenvalue weighted by molar-refractivity contribution is 7.98. The molecule has 2 aromatic rings. The summed E-state index contributed by atoms with van der Waals surface area (Å²) in [4.78, 5) is 18.9. The minimum atomic E-state index is -0.899. The minimum absolute atomic E-state index is 0.342. The molecule has 0 unspecified atom stereocenters. The van der Waals surface area contributed by atoms with Crippen LogP contribution in [0.15, 0.2) is 47.9 Å². The molecule has 0 aliphatic heterocycles. The Bertz CT molecular complexity index is 517. The number of carbonyl (C=O) groups is 1. The van der Waals surface area contributed by atoms with Crippen molar-refractivity contribution in [3.63, 3.8) is 0 Å². The molecule has 17 heavy (non-hydrogen) atoms. The second kappa shape index (κ2) is 5.45. The Balaban J connectivity index is 2.12. The Hall–Kier alpha value is -1.88. The summed E-state index contributed by atoms with van der Waals surface area (Å²) >= 11 is 1.49. The number of aromatic carboxylic acids is 1. The summed E-state index contributed by atoms with van der Waals surface area (Å²) in [6, 6.07) is 8.79. The number of carboxylic acids is 1. The van der Waals surface area contributed by atoms with Crippen LogP contribution in [0.4, 0.5) is 0 Å². The highest BCUT2D eigenvalue weighted by Crippen LogP contribution is 2.22. The molecule has 5 heteroatoms. The van der Waals surface area contributed by atoms with Gasteiger partial charge in [0.1, 0.15) is 6.33 Å². The molecule has 0 saturated heterocycles. The van der Waals surface area contributed by atoms with Gasteiger partial charge in [0.2, 0.25) is 0 Å². The lowest BCUT2D eigenvalue weighted by atomic mass is 10.1. The molecule has 0 aliphatic rings. The maximum Gasteiger partial charge on any atom is 0.335 e. The molecule has 1 aromatic carbocycles. The average molecular weight is 246 g/mol. The molecule has 1 heterocycles. The van der Waals surface area contributed by atoms with E-state index in [2.05, 4.69) is 9.97 Å². The van der Waals surface area contributed by atoms with Crippen molar-refractivity contribution in [2.45, 2.75) is 10.8 Å². The van der Waals surface area contributed by atoms with E-state index in [1.54, 1.807) is 24.4 Å². The highest BCUT2D eigenvalue weighted by atomic mass is 32.2. The lowest BCUT2D eigenvalue weighted by molar-refractivity contribution is 0.0696. The summed E-state index contributed by atoms with van der Waals surface area (Å²) < 4.78 is 0. The zero-order chi connectivity index (χ0) is 12.1. The van der Waals surface area contributed by atoms with Crippen LogP contribution in [0.25, 0.3) is 0 Å². The van der Waals surface area contributed by atoms with E-state index in [1.807, 2.05) is 12.1 Å². The van der Waals surface area contributed by atoms with Crippen molar-refractivity contribution >= 4 is 17.7 Å². The molecule has 4 nitrogen and oxygen atoms in total. The fourth-order valence-electron chi connectivity index (χ4n) is 1.37. The van der Waals surface area contributed by atoms with Crippen molar-refractivity contribution in [2.75, 3.05) is 0 Å². The van der Waals surface area contributed by atoms with Gasteiger partial charge in [0.15, 0.2) is 0 Å². The van der Waals surface area contributed by atoms with Crippen molar-refractivity contribution < 1.29 is 9.90 Å². The Morgan fingerprint density at radius 1 is 1.29 bits per heavy atom. The second-order valence-corrected chi connectivity index (χ2v) is 4.29. The topological polar surface area (TPSA) is 63.1 Å². The normalized spacial score (nSPS) is 10.1. The number of hydrogen-bond acceptors (Lipinski definition) is 4. The maximum absolute atomic E-state index is 11.0. The fraction of sp³-hybridized carbons (Fsp3) is 0.0833. The third-order valence-corrected chi connectivity index (χ3v) is 3.17.